The molecule has 2 heterocycles. The zero-order valence-electron chi connectivity index (χ0n) is 26.7. The van der Waals surface area contributed by atoms with Crippen LogP contribution in [0.1, 0.15) is 24.0 Å². The second-order valence-corrected chi connectivity index (χ2v) is 12.5. The summed E-state index contributed by atoms with van der Waals surface area (Å²) in [5.74, 6) is -2.41. The molecule has 4 aromatic rings. The Labute approximate surface area is 273 Å². The maximum absolute atomic E-state index is 14.5. The van der Waals surface area contributed by atoms with Crippen LogP contribution in [0.3, 0.4) is 0 Å². The number of esters is 1. The Kier molecular flexibility index (Phi) is 10.0. The van der Waals surface area contributed by atoms with Crippen LogP contribution in [0.5, 0.6) is 0 Å². The van der Waals surface area contributed by atoms with E-state index < -0.39 is 68.2 Å². The van der Waals surface area contributed by atoms with Crippen molar-refractivity contribution in [1.82, 2.24) is 20.1 Å². The number of hydrogen-bond donors (Lipinski definition) is 1. The predicted octanol–water partition coefficient (Wildman–Crippen LogP) is 6.52. The summed E-state index contributed by atoms with van der Waals surface area (Å²) in [5, 5.41) is 5.79. The number of rotatable bonds is 9. The van der Waals surface area contributed by atoms with E-state index in [9.17, 15) is 35.9 Å². The molecule has 48 heavy (non-hydrogen) atoms. The van der Waals surface area contributed by atoms with Gasteiger partial charge in [-0.1, -0.05) is 48.5 Å². The molecule has 0 aliphatic carbocycles. The fourth-order valence-electron chi connectivity index (χ4n) is 6.59. The van der Waals surface area contributed by atoms with Gasteiger partial charge in [0.1, 0.15) is 11.5 Å². The summed E-state index contributed by atoms with van der Waals surface area (Å²) in [6.07, 6.45) is -8.04. The van der Waals surface area contributed by atoms with Crippen LogP contribution in [0.4, 0.5) is 26.3 Å². The van der Waals surface area contributed by atoms with Gasteiger partial charge in [-0.25, -0.2) is 4.79 Å². The molecule has 0 saturated carbocycles. The Morgan fingerprint density at radius 2 is 1.54 bits per heavy atom. The standard InChI is InChI=1S/C35H36F6N4O3/c1-44(2)20-23-10-11-28(29-19-42-15-12-25(23)29)27-9-5-7-24-22(6-4-8-26(24)27)18-30(31(46)48-3)43-32(47)33(35(39,40)41)13-16-45(17-14-33)21-34(36,37)38/h4-12,15,19,30H,13-14,16-18,20-21H2,1-3H3,(H,43,47)/t30-/m0/s1. The molecule has 0 unspecified atom stereocenters. The van der Waals surface area contributed by atoms with E-state index >= 15 is 0 Å². The number of methoxy groups -OCH3 is 1. The van der Waals surface area contributed by atoms with E-state index in [1.54, 1.807) is 24.5 Å². The van der Waals surface area contributed by atoms with E-state index in [1.165, 1.54) is 0 Å². The number of amides is 1. The molecule has 1 amide bonds. The van der Waals surface area contributed by atoms with Gasteiger partial charge in [0, 0.05) is 30.7 Å². The molecule has 5 rings (SSSR count). The van der Waals surface area contributed by atoms with Crippen molar-refractivity contribution in [2.24, 2.45) is 5.41 Å². The van der Waals surface area contributed by atoms with Crippen LogP contribution in [0.2, 0.25) is 0 Å². The van der Waals surface area contributed by atoms with Gasteiger partial charge in [0.05, 0.1) is 13.7 Å². The maximum Gasteiger partial charge on any atom is 0.403 e. The second-order valence-electron chi connectivity index (χ2n) is 12.5. The number of benzene rings is 3. The minimum Gasteiger partial charge on any atom is -0.467 e. The summed E-state index contributed by atoms with van der Waals surface area (Å²) in [7, 11) is 5.04. The van der Waals surface area contributed by atoms with E-state index in [2.05, 4.69) is 21.3 Å². The number of alkyl halides is 6. The summed E-state index contributed by atoms with van der Waals surface area (Å²) >= 11 is 0. The third-order valence-electron chi connectivity index (χ3n) is 9.00. The molecule has 0 bridgehead atoms. The molecule has 1 aliphatic rings. The zero-order valence-corrected chi connectivity index (χ0v) is 26.7. The number of fused-ring (bicyclic) bond motifs is 2. The van der Waals surface area contributed by atoms with Crippen LogP contribution in [0.25, 0.3) is 32.7 Å². The number of hydrogen-bond acceptors (Lipinski definition) is 6. The Hall–Kier alpha value is -4.23. The van der Waals surface area contributed by atoms with Gasteiger partial charge in [-0.3, -0.25) is 14.7 Å². The number of aromatic nitrogens is 1. The summed E-state index contributed by atoms with van der Waals surface area (Å²) in [6, 6.07) is 15.6. The summed E-state index contributed by atoms with van der Waals surface area (Å²) in [6.45, 7) is -1.81. The third kappa shape index (κ3) is 7.26. The van der Waals surface area contributed by atoms with Crippen molar-refractivity contribution in [3.8, 4) is 11.1 Å². The smallest absolute Gasteiger partial charge is 0.403 e. The molecular weight excluding hydrogens is 638 g/mol. The minimum absolute atomic E-state index is 0.183. The number of likely N-dealkylation sites (tertiary alicyclic amines) is 1. The number of carbonyl (C=O) groups excluding carboxylic acids is 2. The molecule has 1 fully saturated rings. The van der Waals surface area contributed by atoms with E-state index in [0.717, 1.165) is 56.8 Å². The van der Waals surface area contributed by atoms with Gasteiger partial charge in [-0.05, 0) is 84.5 Å². The lowest BCUT2D eigenvalue weighted by atomic mass is 9.76. The van der Waals surface area contributed by atoms with Crippen LogP contribution in [0, 0.1) is 5.41 Å². The van der Waals surface area contributed by atoms with Gasteiger partial charge in [0.2, 0.25) is 5.91 Å². The van der Waals surface area contributed by atoms with E-state index in [4.69, 9.17) is 4.74 Å². The monoisotopic (exact) mass is 674 g/mol. The summed E-state index contributed by atoms with van der Waals surface area (Å²) in [5.41, 5.74) is 0.551. The highest BCUT2D eigenvalue weighted by molar-refractivity contribution is 6.06. The molecule has 1 saturated heterocycles. The van der Waals surface area contributed by atoms with Gasteiger partial charge >= 0.3 is 18.3 Å². The van der Waals surface area contributed by atoms with Crippen molar-refractivity contribution in [3.63, 3.8) is 0 Å². The highest BCUT2D eigenvalue weighted by Gasteiger charge is 2.61. The van der Waals surface area contributed by atoms with Crippen LogP contribution in [-0.4, -0.2) is 85.9 Å². The van der Waals surface area contributed by atoms with Crippen LogP contribution < -0.4 is 5.32 Å². The first-order valence-corrected chi connectivity index (χ1v) is 15.4. The molecule has 1 aliphatic heterocycles. The van der Waals surface area contributed by atoms with Gasteiger partial charge in [-0.15, -0.1) is 0 Å². The molecule has 3 aromatic carbocycles. The van der Waals surface area contributed by atoms with E-state index in [0.29, 0.717) is 5.56 Å². The van der Waals surface area contributed by atoms with Gasteiger partial charge in [0.25, 0.3) is 0 Å². The SMILES string of the molecule is COC(=O)[C@H](Cc1cccc2c(-c3ccc(CN(C)C)c4ccncc34)cccc12)NC(=O)C1(C(F)(F)F)CCN(CC(F)(F)F)CC1. The highest BCUT2D eigenvalue weighted by Crippen LogP contribution is 2.47. The third-order valence-corrected chi connectivity index (χ3v) is 9.00. The van der Waals surface area contributed by atoms with Crippen LogP contribution in [0.15, 0.2) is 67.0 Å². The minimum atomic E-state index is -5.06. The molecule has 1 aromatic heterocycles. The number of piperidine rings is 1. The fraction of sp³-hybridized carbons (Fsp3) is 0.400. The van der Waals surface area contributed by atoms with Crippen LogP contribution in [-0.2, 0) is 27.3 Å². The highest BCUT2D eigenvalue weighted by atomic mass is 19.4. The molecule has 0 spiro atoms. The van der Waals surface area contributed by atoms with Crippen LogP contribution >= 0.6 is 0 Å². The zero-order chi connectivity index (χ0) is 34.9. The topological polar surface area (TPSA) is 74.8 Å². The summed E-state index contributed by atoms with van der Waals surface area (Å²) in [4.78, 5) is 33.6. The van der Waals surface area contributed by atoms with Crippen molar-refractivity contribution in [2.75, 3.05) is 40.8 Å². The lowest BCUT2D eigenvalue weighted by Gasteiger charge is -2.42. The van der Waals surface area contributed by atoms with Gasteiger partial charge in [0.15, 0.2) is 0 Å². The molecule has 256 valence electrons. The quantitative estimate of drug-likeness (QED) is 0.161. The number of ether oxygens (including phenoxy) is 1. The molecular formula is C35H36F6N4O3. The van der Waals surface area contributed by atoms with Crippen molar-refractivity contribution in [1.29, 1.82) is 0 Å². The maximum atomic E-state index is 14.5. The van der Waals surface area contributed by atoms with Gasteiger partial charge in [-0.2, -0.15) is 26.3 Å². The van der Waals surface area contributed by atoms with Crippen molar-refractivity contribution in [3.05, 3.63) is 78.1 Å². The van der Waals surface area contributed by atoms with Gasteiger partial charge < -0.3 is 15.0 Å². The molecule has 1 atom stereocenters. The first kappa shape index (κ1) is 35.1. The second kappa shape index (κ2) is 13.7. The lowest BCUT2D eigenvalue weighted by molar-refractivity contribution is -0.236. The molecule has 7 nitrogen and oxygen atoms in total. The number of carbonyl (C=O) groups is 2. The van der Waals surface area contributed by atoms with Crippen molar-refractivity contribution >= 4 is 33.4 Å². The number of nitrogens with one attached hydrogen (secondary N) is 1. The number of pyridine rings is 1. The lowest BCUT2D eigenvalue weighted by Crippen LogP contribution is -2.59. The summed E-state index contributed by atoms with van der Waals surface area (Å²) < 4.78 is 86.9. The Balaban J connectivity index is 1.47. The van der Waals surface area contributed by atoms with Crippen molar-refractivity contribution < 1.29 is 40.7 Å². The number of halogens is 6. The van der Waals surface area contributed by atoms with E-state index in [-0.39, 0.29) is 6.42 Å². The first-order chi connectivity index (χ1) is 22.6. The predicted molar refractivity (Wildman–Crippen MR) is 170 cm³/mol. The largest absolute Gasteiger partial charge is 0.467 e. The molecule has 13 heteroatoms. The van der Waals surface area contributed by atoms with Crippen molar-refractivity contribution in [2.45, 2.75) is 44.2 Å². The average Bonchev–Trinajstić information content (AvgIpc) is 3.03. The Bertz CT molecular complexity index is 1800. The Morgan fingerprint density at radius 3 is 2.19 bits per heavy atom. The normalized spacial score (nSPS) is 16.3. The van der Waals surface area contributed by atoms with E-state index in [1.807, 2.05) is 50.5 Å². The Morgan fingerprint density at radius 1 is 0.896 bits per heavy atom. The molecule has 1 N–H and O–H groups in total. The average molecular weight is 675 g/mol. The fourth-order valence-corrected chi connectivity index (χ4v) is 6.59. The number of nitrogens with zero attached hydrogens (tertiary/aromatic N) is 3. The molecule has 0 radical (unpaired) electrons. The first-order valence-electron chi connectivity index (χ1n) is 15.4.